The van der Waals surface area contributed by atoms with Crippen LogP contribution in [0.3, 0.4) is 0 Å². The molecule has 0 amide bonds. The molecule has 0 aromatic heterocycles. The van der Waals surface area contributed by atoms with Crippen LogP contribution in [-0.2, 0) is 19.1 Å². The van der Waals surface area contributed by atoms with E-state index in [-0.39, 0.29) is 36.3 Å². The van der Waals surface area contributed by atoms with Crippen LogP contribution >= 0.6 is 0 Å². The molecular weight excluding hydrogens is 296 g/mol. The second-order valence-corrected chi connectivity index (χ2v) is 6.05. The Bertz CT molecular complexity index is 441. The standard InChI is InChI=1S/C18H28O5/c1-3-5-6-7-13(19)8-9-14-15(17(21)12-16(14)20)10-11-18(22)23-4-2/h8-9,14-16,20H,3-7,10-12H2,1-2H3/b9-8+/t14-,15+,16-/m1/s1. The molecule has 3 atom stereocenters. The number of rotatable bonds is 10. The summed E-state index contributed by atoms with van der Waals surface area (Å²) in [6.45, 7) is 4.13. The van der Waals surface area contributed by atoms with Crippen LogP contribution in [0.2, 0.25) is 0 Å². The van der Waals surface area contributed by atoms with E-state index in [1.54, 1.807) is 13.0 Å². The lowest BCUT2D eigenvalue weighted by Gasteiger charge is -2.16. The molecule has 0 aliphatic heterocycles. The van der Waals surface area contributed by atoms with Gasteiger partial charge in [-0.15, -0.1) is 0 Å². The van der Waals surface area contributed by atoms with Gasteiger partial charge in [-0.2, -0.15) is 0 Å². The lowest BCUT2D eigenvalue weighted by molar-refractivity contribution is -0.143. The van der Waals surface area contributed by atoms with Crippen LogP contribution in [0.5, 0.6) is 0 Å². The lowest BCUT2D eigenvalue weighted by atomic mass is 9.89. The first kappa shape index (κ1) is 19.6. The van der Waals surface area contributed by atoms with Crippen molar-refractivity contribution in [3.05, 3.63) is 12.2 Å². The Labute approximate surface area is 138 Å². The second kappa shape index (κ2) is 10.3. The number of ether oxygens (including phenoxy) is 1. The third-order valence-electron chi connectivity index (χ3n) is 4.23. The third kappa shape index (κ3) is 6.65. The highest BCUT2D eigenvalue weighted by atomic mass is 16.5. The maximum absolute atomic E-state index is 12.0. The predicted octanol–water partition coefficient (Wildman–Crippen LogP) is 2.60. The smallest absolute Gasteiger partial charge is 0.305 e. The van der Waals surface area contributed by atoms with Crippen LogP contribution < -0.4 is 0 Å². The molecule has 1 N–H and O–H groups in total. The van der Waals surface area contributed by atoms with Crippen LogP contribution in [0.15, 0.2) is 12.2 Å². The van der Waals surface area contributed by atoms with E-state index in [1.165, 1.54) is 6.08 Å². The molecule has 0 aromatic carbocycles. The topological polar surface area (TPSA) is 80.7 Å². The zero-order valence-corrected chi connectivity index (χ0v) is 14.1. The number of carbonyl (C=O) groups is 3. The first-order valence-electron chi connectivity index (χ1n) is 8.57. The van der Waals surface area contributed by atoms with Crippen molar-refractivity contribution in [2.24, 2.45) is 11.8 Å². The lowest BCUT2D eigenvalue weighted by Crippen LogP contribution is -2.20. The predicted molar refractivity (Wildman–Crippen MR) is 86.8 cm³/mol. The minimum Gasteiger partial charge on any atom is -0.466 e. The van der Waals surface area contributed by atoms with E-state index in [9.17, 15) is 19.5 Å². The van der Waals surface area contributed by atoms with E-state index in [0.717, 1.165) is 19.3 Å². The van der Waals surface area contributed by atoms with E-state index in [2.05, 4.69) is 6.92 Å². The van der Waals surface area contributed by atoms with E-state index in [0.29, 0.717) is 19.4 Å². The van der Waals surface area contributed by atoms with Gasteiger partial charge in [-0.1, -0.05) is 25.8 Å². The Morgan fingerprint density at radius 1 is 1.26 bits per heavy atom. The Kier molecular flexibility index (Phi) is 8.77. The van der Waals surface area contributed by atoms with Gasteiger partial charge in [0.25, 0.3) is 0 Å². The fraction of sp³-hybridized carbons (Fsp3) is 0.722. The van der Waals surface area contributed by atoms with Crippen LogP contribution in [0.1, 0.15) is 58.8 Å². The molecule has 1 rings (SSSR count). The summed E-state index contributed by atoms with van der Waals surface area (Å²) in [4.78, 5) is 35.2. The van der Waals surface area contributed by atoms with E-state index in [4.69, 9.17) is 4.74 Å². The average molecular weight is 324 g/mol. The van der Waals surface area contributed by atoms with Crippen molar-refractivity contribution >= 4 is 17.5 Å². The molecule has 5 heteroatoms. The molecular formula is C18H28O5. The fourth-order valence-corrected chi connectivity index (χ4v) is 2.95. The minimum atomic E-state index is -0.769. The summed E-state index contributed by atoms with van der Waals surface area (Å²) in [6, 6.07) is 0. The molecule has 0 aromatic rings. The Morgan fingerprint density at radius 2 is 2.00 bits per heavy atom. The molecule has 1 aliphatic carbocycles. The van der Waals surface area contributed by atoms with Crippen LogP contribution in [0.25, 0.3) is 0 Å². The first-order chi connectivity index (χ1) is 11.0. The molecule has 1 aliphatic rings. The number of unbranched alkanes of at least 4 members (excludes halogenated alkanes) is 2. The van der Waals surface area contributed by atoms with Gasteiger partial charge in [0.2, 0.25) is 0 Å². The van der Waals surface area contributed by atoms with Gasteiger partial charge in [0.05, 0.1) is 12.7 Å². The summed E-state index contributed by atoms with van der Waals surface area (Å²) in [6.07, 6.45) is 6.40. The van der Waals surface area contributed by atoms with Crippen molar-refractivity contribution in [1.29, 1.82) is 0 Å². The summed E-state index contributed by atoms with van der Waals surface area (Å²) in [5.41, 5.74) is 0. The van der Waals surface area contributed by atoms with Crippen molar-refractivity contribution < 1.29 is 24.2 Å². The highest BCUT2D eigenvalue weighted by Crippen LogP contribution is 2.33. The van der Waals surface area contributed by atoms with Gasteiger partial charge in [-0.05, 0) is 25.8 Å². The number of aliphatic hydroxyl groups excluding tert-OH is 1. The Hall–Kier alpha value is -1.49. The van der Waals surface area contributed by atoms with Crippen molar-refractivity contribution in [3.63, 3.8) is 0 Å². The van der Waals surface area contributed by atoms with Crippen LogP contribution in [-0.4, -0.2) is 35.4 Å². The van der Waals surface area contributed by atoms with Gasteiger partial charge >= 0.3 is 5.97 Å². The summed E-state index contributed by atoms with van der Waals surface area (Å²) in [5, 5.41) is 10.0. The number of hydrogen-bond acceptors (Lipinski definition) is 5. The van der Waals surface area contributed by atoms with Gasteiger partial charge in [-0.25, -0.2) is 0 Å². The number of hydrogen-bond donors (Lipinski definition) is 1. The molecule has 1 fully saturated rings. The van der Waals surface area contributed by atoms with Gasteiger partial charge in [-0.3, -0.25) is 14.4 Å². The SMILES string of the molecule is CCCCCC(=O)/C=C/[C@H]1[C@H](O)CC(=O)[C@H]1CCC(=O)OCC. The van der Waals surface area contributed by atoms with Crippen molar-refractivity contribution in [2.45, 2.75) is 64.9 Å². The number of Topliss-reactive ketones (excluding diaryl/α,β-unsaturated/α-hetero) is 1. The molecule has 0 radical (unpaired) electrons. The fourth-order valence-electron chi connectivity index (χ4n) is 2.95. The summed E-state index contributed by atoms with van der Waals surface area (Å²) < 4.78 is 4.87. The van der Waals surface area contributed by atoms with E-state index < -0.39 is 12.0 Å². The monoisotopic (exact) mass is 324 g/mol. The molecule has 0 heterocycles. The molecule has 1 saturated carbocycles. The number of aliphatic hydroxyl groups is 1. The molecule has 130 valence electrons. The molecule has 23 heavy (non-hydrogen) atoms. The van der Waals surface area contributed by atoms with Crippen LogP contribution in [0.4, 0.5) is 0 Å². The number of allylic oxidation sites excluding steroid dienone is 1. The highest BCUT2D eigenvalue weighted by Gasteiger charge is 2.40. The highest BCUT2D eigenvalue weighted by molar-refractivity contribution is 5.90. The maximum atomic E-state index is 12.0. The van der Waals surface area contributed by atoms with E-state index in [1.807, 2.05) is 0 Å². The summed E-state index contributed by atoms with van der Waals surface area (Å²) >= 11 is 0. The zero-order valence-electron chi connectivity index (χ0n) is 14.1. The van der Waals surface area contributed by atoms with Gasteiger partial charge in [0, 0.05) is 31.1 Å². The van der Waals surface area contributed by atoms with Gasteiger partial charge in [0.1, 0.15) is 5.78 Å². The zero-order chi connectivity index (χ0) is 17.2. The molecule has 0 saturated heterocycles. The normalized spacial score (nSPS) is 24.3. The quantitative estimate of drug-likeness (QED) is 0.379. The van der Waals surface area contributed by atoms with Crippen molar-refractivity contribution in [1.82, 2.24) is 0 Å². The first-order valence-corrected chi connectivity index (χ1v) is 8.57. The maximum Gasteiger partial charge on any atom is 0.305 e. The van der Waals surface area contributed by atoms with Crippen molar-refractivity contribution in [3.8, 4) is 0 Å². The summed E-state index contributed by atoms with van der Waals surface area (Å²) in [7, 11) is 0. The number of ketones is 2. The third-order valence-corrected chi connectivity index (χ3v) is 4.23. The number of carbonyl (C=O) groups excluding carboxylic acids is 3. The average Bonchev–Trinajstić information content (AvgIpc) is 2.77. The summed E-state index contributed by atoms with van der Waals surface area (Å²) in [5.74, 6) is -1.15. The van der Waals surface area contributed by atoms with E-state index >= 15 is 0 Å². The molecule has 0 unspecified atom stereocenters. The Balaban J connectivity index is 2.56. The van der Waals surface area contributed by atoms with Gasteiger partial charge in [0.15, 0.2) is 5.78 Å². The minimum absolute atomic E-state index is 0.0224. The van der Waals surface area contributed by atoms with Gasteiger partial charge < -0.3 is 9.84 Å². The molecule has 0 bridgehead atoms. The number of esters is 1. The van der Waals surface area contributed by atoms with Crippen LogP contribution in [0, 0.1) is 11.8 Å². The largest absolute Gasteiger partial charge is 0.466 e. The molecule has 5 nitrogen and oxygen atoms in total. The molecule has 0 spiro atoms. The Morgan fingerprint density at radius 3 is 2.65 bits per heavy atom. The van der Waals surface area contributed by atoms with Crippen molar-refractivity contribution in [2.75, 3.05) is 6.61 Å². The second-order valence-electron chi connectivity index (χ2n) is 6.05.